The summed E-state index contributed by atoms with van der Waals surface area (Å²) in [5.74, 6) is 4.07. The van der Waals surface area contributed by atoms with Gasteiger partial charge < -0.3 is 5.32 Å². The average Bonchev–Trinajstić information content (AvgIpc) is 2.74. The summed E-state index contributed by atoms with van der Waals surface area (Å²) in [5, 5.41) is 3.11. The minimum atomic E-state index is 0.337. The summed E-state index contributed by atoms with van der Waals surface area (Å²) < 4.78 is 0. The standard InChI is InChI=1S/C13H20BrNO/c1-2-9(14)6-15-13(16)12-10-7-3-4-8(5-7)11(10)12/h7-12H,2-6H2,1H3,(H,15,16). The fraction of sp³-hybridized carbons (Fsp3) is 0.923. The van der Waals surface area contributed by atoms with E-state index in [2.05, 4.69) is 28.2 Å². The van der Waals surface area contributed by atoms with Crippen LogP contribution in [0.2, 0.25) is 0 Å². The summed E-state index contributed by atoms with van der Waals surface area (Å²) in [6.07, 6.45) is 5.29. The highest BCUT2D eigenvalue weighted by atomic mass is 79.9. The number of amides is 1. The molecule has 0 aromatic heterocycles. The van der Waals surface area contributed by atoms with Crippen LogP contribution in [-0.2, 0) is 4.79 Å². The molecule has 0 heterocycles. The van der Waals surface area contributed by atoms with Crippen LogP contribution in [-0.4, -0.2) is 17.3 Å². The lowest BCUT2D eigenvalue weighted by atomic mass is 10.0. The van der Waals surface area contributed by atoms with Crippen molar-refractivity contribution in [3.8, 4) is 0 Å². The number of alkyl halides is 1. The van der Waals surface area contributed by atoms with Crippen LogP contribution in [0.1, 0.15) is 32.6 Å². The molecule has 2 bridgehead atoms. The Balaban J connectivity index is 1.51. The van der Waals surface area contributed by atoms with E-state index in [1.54, 1.807) is 0 Å². The fourth-order valence-electron chi connectivity index (χ4n) is 4.15. The molecule has 3 fully saturated rings. The van der Waals surface area contributed by atoms with Gasteiger partial charge >= 0.3 is 0 Å². The van der Waals surface area contributed by atoms with E-state index in [9.17, 15) is 4.79 Å². The normalized spacial score (nSPS) is 45.2. The van der Waals surface area contributed by atoms with Crippen LogP contribution in [0.5, 0.6) is 0 Å². The minimum absolute atomic E-state index is 0.337. The van der Waals surface area contributed by atoms with Crippen LogP contribution in [0.25, 0.3) is 0 Å². The number of hydrogen-bond acceptors (Lipinski definition) is 1. The van der Waals surface area contributed by atoms with Gasteiger partial charge in [-0.25, -0.2) is 0 Å². The first-order valence-electron chi connectivity index (χ1n) is 6.64. The lowest BCUT2D eigenvalue weighted by Crippen LogP contribution is -2.32. The molecule has 2 nitrogen and oxygen atoms in total. The second kappa shape index (κ2) is 4.01. The van der Waals surface area contributed by atoms with Crippen LogP contribution in [0.15, 0.2) is 0 Å². The highest BCUT2D eigenvalue weighted by Gasteiger charge is 2.67. The predicted molar refractivity (Wildman–Crippen MR) is 67.3 cm³/mol. The van der Waals surface area contributed by atoms with Gasteiger partial charge in [-0.15, -0.1) is 0 Å². The molecule has 3 aliphatic rings. The number of rotatable bonds is 4. The molecule has 3 aliphatic carbocycles. The number of halogens is 1. The third-order valence-corrected chi connectivity index (χ3v) is 5.95. The molecule has 1 N–H and O–H groups in total. The zero-order chi connectivity index (χ0) is 11.3. The molecule has 1 amide bonds. The number of nitrogens with one attached hydrogen (secondary N) is 1. The molecular weight excluding hydrogens is 266 g/mol. The highest BCUT2D eigenvalue weighted by molar-refractivity contribution is 9.09. The summed E-state index contributed by atoms with van der Waals surface area (Å²) in [5.41, 5.74) is 0. The van der Waals surface area contributed by atoms with Gasteiger partial charge in [0, 0.05) is 17.3 Å². The van der Waals surface area contributed by atoms with Crippen LogP contribution in [0, 0.1) is 29.6 Å². The third kappa shape index (κ3) is 1.62. The second-order valence-corrected chi connectivity index (χ2v) is 7.06. The van der Waals surface area contributed by atoms with Gasteiger partial charge in [0.05, 0.1) is 0 Å². The predicted octanol–water partition coefficient (Wildman–Crippen LogP) is 2.57. The smallest absolute Gasteiger partial charge is 0.223 e. The Kier molecular flexibility index (Phi) is 2.77. The SMILES string of the molecule is CCC(Br)CNC(=O)C1C2C3CCC(C3)C12. The molecule has 0 aromatic rings. The zero-order valence-corrected chi connectivity index (χ0v) is 11.4. The van der Waals surface area contributed by atoms with Crippen molar-refractivity contribution in [3.63, 3.8) is 0 Å². The highest BCUT2D eigenvalue weighted by Crippen LogP contribution is 2.69. The van der Waals surface area contributed by atoms with Crippen molar-refractivity contribution >= 4 is 21.8 Å². The molecular formula is C13H20BrNO. The van der Waals surface area contributed by atoms with Gasteiger partial charge in [0.25, 0.3) is 0 Å². The zero-order valence-electron chi connectivity index (χ0n) is 9.79. The van der Waals surface area contributed by atoms with Gasteiger partial charge in [-0.3, -0.25) is 4.79 Å². The lowest BCUT2D eigenvalue weighted by molar-refractivity contribution is -0.123. The maximum atomic E-state index is 12.0. The summed E-state index contributed by atoms with van der Waals surface area (Å²) >= 11 is 3.56. The quantitative estimate of drug-likeness (QED) is 0.791. The number of hydrogen-bond donors (Lipinski definition) is 1. The summed E-state index contributed by atoms with van der Waals surface area (Å²) in [6.45, 7) is 2.93. The Labute approximate surface area is 106 Å². The fourth-order valence-corrected chi connectivity index (χ4v) is 4.31. The van der Waals surface area contributed by atoms with Crippen LogP contribution in [0.3, 0.4) is 0 Å². The molecule has 0 aliphatic heterocycles. The molecule has 3 rings (SSSR count). The monoisotopic (exact) mass is 285 g/mol. The van der Waals surface area contributed by atoms with Crippen molar-refractivity contribution in [2.45, 2.75) is 37.4 Å². The molecule has 0 radical (unpaired) electrons. The van der Waals surface area contributed by atoms with Gasteiger partial charge in [-0.05, 0) is 49.4 Å². The van der Waals surface area contributed by atoms with E-state index >= 15 is 0 Å². The summed E-state index contributed by atoms with van der Waals surface area (Å²) in [4.78, 5) is 12.5. The molecule has 3 saturated carbocycles. The average molecular weight is 286 g/mol. The number of fused-ring (bicyclic) bond motifs is 5. The van der Waals surface area contributed by atoms with E-state index in [4.69, 9.17) is 0 Å². The summed E-state index contributed by atoms with van der Waals surface area (Å²) in [7, 11) is 0. The first kappa shape index (κ1) is 11.1. The first-order valence-corrected chi connectivity index (χ1v) is 7.55. The minimum Gasteiger partial charge on any atom is -0.355 e. The van der Waals surface area contributed by atoms with Gasteiger partial charge in [0.1, 0.15) is 0 Å². The third-order valence-electron chi connectivity index (χ3n) is 4.98. The molecule has 5 unspecified atom stereocenters. The molecule has 16 heavy (non-hydrogen) atoms. The van der Waals surface area contributed by atoms with E-state index in [0.717, 1.165) is 36.6 Å². The van der Waals surface area contributed by atoms with Crippen molar-refractivity contribution in [2.24, 2.45) is 29.6 Å². The molecule has 0 spiro atoms. The second-order valence-electron chi connectivity index (χ2n) is 5.76. The Morgan fingerprint density at radius 1 is 1.38 bits per heavy atom. The van der Waals surface area contributed by atoms with Crippen LogP contribution >= 0.6 is 15.9 Å². The Hall–Kier alpha value is -0.0500. The molecule has 0 saturated heterocycles. The van der Waals surface area contributed by atoms with Gasteiger partial charge in [-0.1, -0.05) is 22.9 Å². The lowest BCUT2D eigenvalue weighted by Gasteiger charge is -2.11. The molecule has 5 atom stereocenters. The molecule has 90 valence electrons. The Morgan fingerprint density at radius 3 is 2.56 bits per heavy atom. The van der Waals surface area contributed by atoms with Crippen LogP contribution in [0.4, 0.5) is 0 Å². The van der Waals surface area contributed by atoms with Gasteiger partial charge in [-0.2, -0.15) is 0 Å². The largest absolute Gasteiger partial charge is 0.355 e. The van der Waals surface area contributed by atoms with Crippen LogP contribution < -0.4 is 5.32 Å². The van der Waals surface area contributed by atoms with E-state index in [1.165, 1.54) is 19.3 Å². The molecule has 3 heteroatoms. The number of carbonyl (C=O) groups is 1. The maximum absolute atomic E-state index is 12.0. The van der Waals surface area contributed by atoms with Crippen molar-refractivity contribution in [1.82, 2.24) is 5.32 Å². The topological polar surface area (TPSA) is 29.1 Å². The van der Waals surface area contributed by atoms with E-state index in [1.807, 2.05) is 0 Å². The maximum Gasteiger partial charge on any atom is 0.223 e. The van der Waals surface area contributed by atoms with Crippen molar-refractivity contribution < 1.29 is 4.79 Å². The molecule has 0 aromatic carbocycles. The Morgan fingerprint density at radius 2 is 2.00 bits per heavy atom. The first-order chi connectivity index (χ1) is 7.72. The van der Waals surface area contributed by atoms with Gasteiger partial charge in [0.15, 0.2) is 0 Å². The van der Waals surface area contributed by atoms with Gasteiger partial charge in [0.2, 0.25) is 5.91 Å². The van der Waals surface area contributed by atoms with E-state index < -0.39 is 0 Å². The van der Waals surface area contributed by atoms with E-state index in [0.29, 0.717) is 16.7 Å². The number of carbonyl (C=O) groups excluding carboxylic acids is 1. The van der Waals surface area contributed by atoms with Crippen molar-refractivity contribution in [3.05, 3.63) is 0 Å². The van der Waals surface area contributed by atoms with E-state index in [-0.39, 0.29) is 0 Å². The summed E-state index contributed by atoms with van der Waals surface area (Å²) in [6, 6.07) is 0. The van der Waals surface area contributed by atoms with Crippen molar-refractivity contribution in [2.75, 3.05) is 6.54 Å². The van der Waals surface area contributed by atoms with Crippen molar-refractivity contribution in [1.29, 1.82) is 0 Å². The Bertz CT molecular complexity index is 290.